The summed E-state index contributed by atoms with van der Waals surface area (Å²) in [5.74, 6) is -0.527. The van der Waals surface area contributed by atoms with E-state index in [0.717, 1.165) is 5.56 Å². The van der Waals surface area contributed by atoms with E-state index in [1.54, 1.807) is 43.3 Å². The lowest BCUT2D eigenvalue weighted by Crippen LogP contribution is -2.38. The van der Waals surface area contributed by atoms with Gasteiger partial charge in [0.05, 0.1) is 18.9 Å². The lowest BCUT2D eigenvalue weighted by molar-refractivity contribution is -0.129. The number of urea groups is 1. The number of carbonyl (C=O) groups excluding carboxylic acids is 2. The number of aliphatic hydroxyl groups excluding tert-OH is 2. The number of amides is 3. The molecule has 42 heavy (non-hydrogen) atoms. The van der Waals surface area contributed by atoms with Crippen LogP contribution in [-0.2, 0) is 4.79 Å². The minimum absolute atomic E-state index is 0.298. The number of aliphatic hydroxyl groups is 2. The minimum Gasteiger partial charge on any atom is -0.486 e. The Kier molecular flexibility index (Phi) is 8.72. The fourth-order valence-corrected chi connectivity index (χ4v) is 5.47. The van der Waals surface area contributed by atoms with E-state index >= 15 is 0 Å². The Bertz CT molecular complexity index is 1580. The summed E-state index contributed by atoms with van der Waals surface area (Å²) in [6.45, 7) is 2.98. The molecule has 5 rings (SSSR count). The molecule has 1 aromatic heterocycles. The first kappa shape index (κ1) is 29.4. The second-order valence-electron chi connectivity index (χ2n) is 10.1. The van der Waals surface area contributed by atoms with Crippen molar-refractivity contribution in [2.75, 3.05) is 13.2 Å². The summed E-state index contributed by atoms with van der Waals surface area (Å²) in [5.41, 5.74) is 2.71. The number of aromatic nitrogens is 2. The first-order valence-corrected chi connectivity index (χ1v) is 14.2. The van der Waals surface area contributed by atoms with Gasteiger partial charge in [-0.2, -0.15) is 0 Å². The van der Waals surface area contributed by atoms with Crippen molar-refractivity contribution >= 4 is 27.9 Å². The molecule has 218 valence electrons. The largest absolute Gasteiger partial charge is 0.486 e. The molecular formula is C31H30BrFN4O5. The van der Waals surface area contributed by atoms with Crippen LogP contribution in [0.2, 0.25) is 0 Å². The molecule has 1 aliphatic rings. The van der Waals surface area contributed by atoms with E-state index in [2.05, 4.69) is 26.2 Å². The Morgan fingerprint density at radius 2 is 1.74 bits per heavy atom. The van der Waals surface area contributed by atoms with Crippen molar-refractivity contribution in [3.05, 3.63) is 106 Å². The van der Waals surface area contributed by atoms with Crippen LogP contribution in [0, 0.1) is 12.7 Å². The molecule has 11 heteroatoms. The van der Waals surface area contributed by atoms with Crippen molar-refractivity contribution in [1.82, 2.24) is 20.2 Å². The maximum atomic E-state index is 14.9. The van der Waals surface area contributed by atoms with E-state index in [1.165, 1.54) is 11.0 Å². The van der Waals surface area contributed by atoms with Gasteiger partial charge in [-0.05, 0) is 48.4 Å². The standard InChI is InChI=1S/C31H30BrFN4O5/c1-17(19-6-4-3-5-7-19)28(29-34-18(2)26(35-29)24-13-10-21(32)14-25(24)33)37-30(40)27(36-31(37)41)20-8-11-22(12-9-20)42-23(15-38)16-39/h3-14,17,23,27-28,38-39H,15-16H2,1-2H3,(H,34,35)(H,36,41)/t17-,27+,28-/m0/s1. The number of aromatic amines is 1. The molecule has 1 saturated heterocycles. The molecule has 2 heterocycles. The summed E-state index contributed by atoms with van der Waals surface area (Å²) < 4.78 is 21.0. The highest BCUT2D eigenvalue weighted by Gasteiger charge is 2.46. The van der Waals surface area contributed by atoms with Crippen LogP contribution < -0.4 is 10.1 Å². The van der Waals surface area contributed by atoms with Crippen molar-refractivity contribution in [1.29, 1.82) is 0 Å². The second kappa shape index (κ2) is 12.4. The molecule has 3 atom stereocenters. The van der Waals surface area contributed by atoms with E-state index in [-0.39, 0.29) is 19.1 Å². The van der Waals surface area contributed by atoms with Crippen LogP contribution >= 0.6 is 15.9 Å². The van der Waals surface area contributed by atoms with Crippen LogP contribution in [0.5, 0.6) is 5.75 Å². The molecule has 4 N–H and O–H groups in total. The Hall–Kier alpha value is -4.06. The number of hydrogen-bond donors (Lipinski definition) is 4. The van der Waals surface area contributed by atoms with E-state index in [0.29, 0.717) is 38.6 Å². The molecule has 0 unspecified atom stereocenters. The predicted molar refractivity (Wildman–Crippen MR) is 157 cm³/mol. The first-order valence-electron chi connectivity index (χ1n) is 13.4. The van der Waals surface area contributed by atoms with Gasteiger partial charge in [-0.25, -0.2) is 14.2 Å². The SMILES string of the molecule is Cc1[nH]c([C@H]([C@@H](C)c2ccccc2)N2C(=O)N[C@H](c3ccc(OC(CO)CO)cc3)C2=O)nc1-c1ccc(Br)cc1F. The third-order valence-corrected chi connectivity index (χ3v) is 7.83. The van der Waals surface area contributed by atoms with Crippen molar-refractivity contribution in [3.8, 4) is 17.0 Å². The molecule has 1 fully saturated rings. The topological polar surface area (TPSA) is 128 Å². The van der Waals surface area contributed by atoms with Crippen LogP contribution in [-0.4, -0.2) is 56.3 Å². The zero-order valence-electron chi connectivity index (χ0n) is 22.9. The van der Waals surface area contributed by atoms with Gasteiger partial charge in [-0.3, -0.25) is 9.69 Å². The average Bonchev–Trinajstić information content (AvgIpc) is 3.51. The number of nitrogens with zero attached hydrogens (tertiary/aromatic N) is 2. The predicted octanol–water partition coefficient (Wildman–Crippen LogP) is 5.16. The molecule has 0 radical (unpaired) electrons. The van der Waals surface area contributed by atoms with Gasteiger partial charge in [0.1, 0.15) is 35.6 Å². The number of nitrogens with one attached hydrogen (secondary N) is 2. The highest BCUT2D eigenvalue weighted by atomic mass is 79.9. The normalized spacial score (nSPS) is 16.5. The molecule has 3 aromatic carbocycles. The monoisotopic (exact) mass is 636 g/mol. The Labute approximate surface area is 250 Å². The first-order chi connectivity index (χ1) is 20.2. The van der Waals surface area contributed by atoms with Crippen LogP contribution in [0.3, 0.4) is 0 Å². The van der Waals surface area contributed by atoms with Gasteiger partial charge in [0, 0.05) is 21.6 Å². The van der Waals surface area contributed by atoms with Gasteiger partial charge in [0.25, 0.3) is 5.91 Å². The number of ether oxygens (including phenoxy) is 1. The number of imide groups is 1. The minimum atomic E-state index is -0.956. The molecule has 0 bridgehead atoms. The zero-order chi connectivity index (χ0) is 30.0. The van der Waals surface area contributed by atoms with Gasteiger partial charge in [-0.1, -0.05) is 65.3 Å². The van der Waals surface area contributed by atoms with E-state index in [9.17, 15) is 24.2 Å². The lowest BCUT2D eigenvalue weighted by Gasteiger charge is -2.29. The quantitative estimate of drug-likeness (QED) is 0.178. The van der Waals surface area contributed by atoms with Crippen LogP contribution in [0.4, 0.5) is 9.18 Å². The molecule has 4 aromatic rings. The Morgan fingerprint density at radius 1 is 1.05 bits per heavy atom. The van der Waals surface area contributed by atoms with Crippen molar-refractivity contribution in [2.24, 2.45) is 0 Å². The van der Waals surface area contributed by atoms with Crippen LogP contribution in [0.25, 0.3) is 11.3 Å². The lowest BCUT2D eigenvalue weighted by atomic mass is 9.91. The molecule has 0 spiro atoms. The number of benzene rings is 3. The summed E-state index contributed by atoms with van der Waals surface area (Å²) in [4.78, 5) is 36.5. The number of imidazole rings is 1. The van der Waals surface area contributed by atoms with Gasteiger partial charge in [-0.15, -0.1) is 0 Å². The number of hydrogen-bond acceptors (Lipinski definition) is 6. The summed E-state index contributed by atoms with van der Waals surface area (Å²) in [6, 6.07) is 18.4. The van der Waals surface area contributed by atoms with Crippen LogP contribution in [0.1, 0.15) is 47.6 Å². The number of carbonyl (C=O) groups is 2. The molecule has 3 amide bonds. The summed E-state index contributed by atoms with van der Waals surface area (Å²) in [6.07, 6.45) is -0.771. The third-order valence-electron chi connectivity index (χ3n) is 7.34. The molecule has 0 saturated carbocycles. The summed E-state index contributed by atoms with van der Waals surface area (Å²) in [7, 11) is 0. The fraction of sp³-hybridized carbons (Fsp3) is 0.258. The maximum absolute atomic E-state index is 14.9. The van der Waals surface area contributed by atoms with E-state index in [4.69, 9.17) is 9.72 Å². The van der Waals surface area contributed by atoms with Crippen molar-refractivity contribution < 1.29 is 28.9 Å². The smallest absolute Gasteiger partial charge is 0.325 e. The van der Waals surface area contributed by atoms with Gasteiger partial charge >= 0.3 is 6.03 Å². The zero-order valence-corrected chi connectivity index (χ0v) is 24.5. The van der Waals surface area contributed by atoms with E-state index < -0.39 is 35.9 Å². The maximum Gasteiger partial charge on any atom is 0.325 e. The van der Waals surface area contributed by atoms with Gasteiger partial charge in [0.15, 0.2) is 0 Å². The van der Waals surface area contributed by atoms with E-state index in [1.807, 2.05) is 37.3 Å². The second-order valence-corrected chi connectivity index (χ2v) is 11.0. The summed E-state index contributed by atoms with van der Waals surface area (Å²) in [5, 5.41) is 21.3. The number of halogens is 2. The highest BCUT2D eigenvalue weighted by molar-refractivity contribution is 9.10. The van der Waals surface area contributed by atoms with Crippen LogP contribution in [0.15, 0.2) is 77.3 Å². The number of aryl methyl sites for hydroxylation is 1. The number of H-pyrrole nitrogens is 1. The van der Waals surface area contributed by atoms with Gasteiger partial charge in [0.2, 0.25) is 0 Å². The Morgan fingerprint density at radius 3 is 2.38 bits per heavy atom. The highest BCUT2D eigenvalue weighted by Crippen LogP contribution is 2.40. The molecule has 0 aliphatic carbocycles. The Balaban J connectivity index is 1.51. The number of rotatable bonds is 10. The van der Waals surface area contributed by atoms with Crippen molar-refractivity contribution in [2.45, 2.75) is 38.0 Å². The summed E-state index contributed by atoms with van der Waals surface area (Å²) >= 11 is 3.28. The fourth-order valence-electron chi connectivity index (χ4n) is 5.14. The van der Waals surface area contributed by atoms with Gasteiger partial charge < -0.3 is 25.3 Å². The third kappa shape index (κ3) is 5.80. The molecule has 9 nitrogen and oxygen atoms in total. The van der Waals surface area contributed by atoms with Crippen molar-refractivity contribution in [3.63, 3.8) is 0 Å². The molecule has 1 aliphatic heterocycles. The molecular weight excluding hydrogens is 607 g/mol. The average molecular weight is 638 g/mol.